The minimum atomic E-state index is -1.00. The standard InChI is InChI=1S/C26H28N2O6/c1-15-10-11-28(23(15)25(30)31)24(29)21-12-33-14-22(21)27-26(32)34-13-20-18-8-4-2-6-16(18)17-7-3-5-9-19(17)20/h2-9,15,20-23H,10-14H2,1H3,(H,27,32)(H,30,31). The summed E-state index contributed by atoms with van der Waals surface area (Å²) in [6.07, 6.45) is 0.0283. The van der Waals surface area contributed by atoms with Crippen molar-refractivity contribution in [2.24, 2.45) is 11.8 Å². The molecule has 4 atom stereocenters. The van der Waals surface area contributed by atoms with Crippen LogP contribution >= 0.6 is 0 Å². The monoisotopic (exact) mass is 464 g/mol. The fourth-order valence-electron chi connectivity index (χ4n) is 5.52. The molecule has 2 aromatic carbocycles. The lowest BCUT2D eigenvalue weighted by atomic mass is 9.98. The first-order chi connectivity index (χ1) is 16.5. The highest BCUT2D eigenvalue weighted by atomic mass is 16.5. The Labute approximate surface area is 197 Å². The molecular formula is C26H28N2O6. The van der Waals surface area contributed by atoms with Gasteiger partial charge in [-0.05, 0) is 34.6 Å². The third kappa shape index (κ3) is 3.92. The zero-order chi connectivity index (χ0) is 23.8. The third-order valence-electron chi connectivity index (χ3n) is 7.28. The van der Waals surface area contributed by atoms with E-state index in [4.69, 9.17) is 9.47 Å². The van der Waals surface area contributed by atoms with Crippen molar-refractivity contribution in [1.82, 2.24) is 10.2 Å². The number of ether oxygens (including phenoxy) is 2. The van der Waals surface area contributed by atoms with E-state index < -0.39 is 30.1 Å². The van der Waals surface area contributed by atoms with E-state index in [0.29, 0.717) is 13.0 Å². The van der Waals surface area contributed by atoms with Crippen molar-refractivity contribution < 1.29 is 29.0 Å². The van der Waals surface area contributed by atoms with E-state index in [1.165, 1.54) is 4.90 Å². The molecule has 2 heterocycles. The quantitative estimate of drug-likeness (QED) is 0.705. The average Bonchev–Trinajstić information content (AvgIpc) is 3.53. The number of rotatable bonds is 5. The van der Waals surface area contributed by atoms with Crippen molar-refractivity contribution in [2.75, 3.05) is 26.4 Å². The summed E-state index contributed by atoms with van der Waals surface area (Å²) in [7, 11) is 0. The first kappa shape index (κ1) is 22.4. The van der Waals surface area contributed by atoms with Crippen LogP contribution in [-0.2, 0) is 19.1 Å². The molecule has 0 radical (unpaired) electrons. The molecular weight excluding hydrogens is 436 g/mol. The predicted molar refractivity (Wildman–Crippen MR) is 123 cm³/mol. The van der Waals surface area contributed by atoms with Crippen LogP contribution in [-0.4, -0.2) is 66.4 Å². The van der Waals surface area contributed by atoms with Gasteiger partial charge in [-0.2, -0.15) is 0 Å². The van der Waals surface area contributed by atoms with Crippen molar-refractivity contribution in [3.8, 4) is 11.1 Å². The molecule has 0 saturated carbocycles. The SMILES string of the molecule is CC1CCN(C(=O)C2COCC2NC(=O)OCC2c3ccccc3-c3ccccc32)C1C(=O)O. The van der Waals surface area contributed by atoms with Crippen LogP contribution in [0.1, 0.15) is 30.4 Å². The van der Waals surface area contributed by atoms with Crippen molar-refractivity contribution in [1.29, 1.82) is 0 Å². The second-order valence-corrected chi connectivity index (χ2v) is 9.30. The van der Waals surface area contributed by atoms with Crippen molar-refractivity contribution in [2.45, 2.75) is 31.3 Å². The second-order valence-electron chi connectivity index (χ2n) is 9.30. The van der Waals surface area contributed by atoms with Crippen LogP contribution in [0.2, 0.25) is 0 Å². The Morgan fingerprint density at radius 1 is 1.06 bits per heavy atom. The number of amides is 2. The van der Waals surface area contributed by atoms with Gasteiger partial charge in [-0.1, -0.05) is 55.5 Å². The number of carboxylic acids is 1. The fourth-order valence-corrected chi connectivity index (χ4v) is 5.52. The number of likely N-dealkylation sites (tertiary alicyclic amines) is 1. The lowest BCUT2D eigenvalue weighted by Crippen LogP contribution is -2.51. The van der Waals surface area contributed by atoms with Crippen molar-refractivity contribution in [3.63, 3.8) is 0 Å². The lowest BCUT2D eigenvalue weighted by Gasteiger charge is -2.28. The van der Waals surface area contributed by atoms with Crippen LogP contribution < -0.4 is 5.32 Å². The van der Waals surface area contributed by atoms with Gasteiger partial charge in [-0.25, -0.2) is 9.59 Å². The Morgan fingerprint density at radius 3 is 2.35 bits per heavy atom. The van der Waals surface area contributed by atoms with Gasteiger partial charge in [0.25, 0.3) is 0 Å². The van der Waals surface area contributed by atoms with E-state index in [-0.39, 0.29) is 37.6 Å². The Morgan fingerprint density at radius 2 is 1.71 bits per heavy atom. The molecule has 2 aromatic rings. The maximum atomic E-state index is 13.1. The summed E-state index contributed by atoms with van der Waals surface area (Å²) < 4.78 is 11.1. The van der Waals surface area contributed by atoms with Crippen LogP contribution in [0.25, 0.3) is 11.1 Å². The number of carbonyl (C=O) groups is 3. The zero-order valence-corrected chi connectivity index (χ0v) is 19.0. The second kappa shape index (κ2) is 9.10. The molecule has 34 heavy (non-hydrogen) atoms. The highest BCUT2D eigenvalue weighted by Crippen LogP contribution is 2.44. The van der Waals surface area contributed by atoms with Crippen molar-refractivity contribution >= 4 is 18.0 Å². The highest BCUT2D eigenvalue weighted by Gasteiger charge is 2.45. The topological polar surface area (TPSA) is 105 Å². The number of benzene rings is 2. The first-order valence-corrected chi connectivity index (χ1v) is 11.7. The molecule has 8 nitrogen and oxygen atoms in total. The summed E-state index contributed by atoms with van der Waals surface area (Å²) in [6, 6.07) is 14.8. The average molecular weight is 465 g/mol. The molecule has 0 aromatic heterocycles. The molecule has 178 valence electrons. The molecule has 2 aliphatic heterocycles. The Balaban J connectivity index is 1.23. The smallest absolute Gasteiger partial charge is 0.407 e. The number of carbonyl (C=O) groups excluding carboxylic acids is 2. The largest absolute Gasteiger partial charge is 0.480 e. The van der Waals surface area contributed by atoms with E-state index in [9.17, 15) is 19.5 Å². The molecule has 5 rings (SSSR count). The number of alkyl carbamates (subject to hydrolysis) is 1. The number of hydrogen-bond donors (Lipinski definition) is 2. The molecule has 2 amide bonds. The fraction of sp³-hybridized carbons (Fsp3) is 0.423. The summed E-state index contributed by atoms with van der Waals surface area (Å²) in [5, 5.41) is 12.3. The number of hydrogen-bond acceptors (Lipinski definition) is 5. The normalized spacial score (nSPS) is 25.6. The number of nitrogens with zero attached hydrogens (tertiary/aromatic N) is 1. The van der Waals surface area contributed by atoms with Crippen LogP contribution in [0.5, 0.6) is 0 Å². The minimum Gasteiger partial charge on any atom is -0.480 e. The van der Waals surface area contributed by atoms with E-state index in [0.717, 1.165) is 22.3 Å². The number of carboxylic acid groups (broad SMARTS) is 1. The maximum Gasteiger partial charge on any atom is 0.407 e. The van der Waals surface area contributed by atoms with Crippen LogP contribution in [0, 0.1) is 11.8 Å². The van der Waals surface area contributed by atoms with Crippen molar-refractivity contribution in [3.05, 3.63) is 59.7 Å². The maximum absolute atomic E-state index is 13.1. The summed E-state index contributed by atoms with van der Waals surface area (Å²) >= 11 is 0. The minimum absolute atomic E-state index is 0.0576. The first-order valence-electron chi connectivity index (χ1n) is 11.7. The van der Waals surface area contributed by atoms with Gasteiger partial charge in [-0.3, -0.25) is 4.79 Å². The molecule has 4 unspecified atom stereocenters. The lowest BCUT2D eigenvalue weighted by molar-refractivity contribution is -0.151. The Bertz CT molecular complexity index is 1070. The van der Waals surface area contributed by atoms with Gasteiger partial charge in [0.05, 0.1) is 25.2 Å². The van der Waals surface area contributed by atoms with Gasteiger partial charge in [-0.15, -0.1) is 0 Å². The number of aliphatic carboxylic acids is 1. The van der Waals surface area contributed by atoms with Gasteiger partial charge >= 0.3 is 12.1 Å². The summed E-state index contributed by atoms with van der Waals surface area (Å²) in [4.78, 5) is 38.9. The Kier molecular flexibility index (Phi) is 6.00. The third-order valence-corrected chi connectivity index (χ3v) is 7.28. The van der Waals surface area contributed by atoms with Crippen LogP contribution in [0.3, 0.4) is 0 Å². The molecule has 0 spiro atoms. The summed E-state index contributed by atoms with van der Waals surface area (Å²) in [5.74, 6) is -2.10. The van der Waals surface area contributed by atoms with E-state index >= 15 is 0 Å². The van der Waals surface area contributed by atoms with E-state index in [1.54, 1.807) is 0 Å². The van der Waals surface area contributed by atoms with Crippen LogP contribution in [0.4, 0.5) is 4.79 Å². The van der Waals surface area contributed by atoms with Gasteiger partial charge in [0.15, 0.2) is 0 Å². The van der Waals surface area contributed by atoms with E-state index in [1.807, 2.05) is 31.2 Å². The number of nitrogens with one attached hydrogen (secondary N) is 1. The molecule has 8 heteroatoms. The highest BCUT2D eigenvalue weighted by molar-refractivity contribution is 5.87. The van der Waals surface area contributed by atoms with E-state index in [2.05, 4.69) is 29.6 Å². The molecule has 1 aliphatic carbocycles. The Hall–Kier alpha value is -3.39. The molecule has 3 aliphatic rings. The molecule has 2 fully saturated rings. The van der Waals surface area contributed by atoms with Gasteiger partial charge in [0.2, 0.25) is 5.91 Å². The van der Waals surface area contributed by atoms with Crippen LogP contribution in [0.15, 0.2) is 48.5 Å². The van der Waals surface area contributed by atoms with Gasteiger partial charge < -0.3 is 24.8 Å². The molecule has 2 N–H and O–H groups in total. The molecule has 2 saturated heterocycles. The predicted octanol–water partition coefficient (Wildman–Crippen LogP) is 2.86. The molecule has 0 bridgehead atoms. The summed E-state index contributed by atoms with van der Waals surface area (Å²) in [6.45, 7) is 2.73. The number of fused-ring (bicyclic) bond motifs is 3. The van der Waals surface area contributed by atoms with Gasteiger partial charge in [0.1, 0.15) is 12.6 Å². The van der Waals surface area contributed by atoms with Gasteiger partial charge in [0, 0.05) is 12.5 Å². The summed E-state index contributed by atoms with van der Waals surface area (Å²) in [5.41, 5.74) is 4.54. The zero-order valence-electron chi connectivity index (χ0n) is 19.0.